The van der Waals surface area contributed by atoms with Crippen molar-refractivity contribution < 1.29 is 4.21 Å². The van der Waals surface area contributed by atoms with E-state index in [4.69, 9.17) is 0 Å². The van der Waals surface area contributed by atoms with Crippen LogP contribution in [0.3, 0.4) is 0 Å². The number of hydrogen-bond acceptors (Lipinski definition) is 2. The molecule has 0 unspecified atom stereocenters. The monoisotopic (exact) mass is 135 g/mol. The summed E-state index contributed by atoms with van der Waals surface area (Å²) in [4.78, 5) is 0. The Balaban J connectivity index is 2.82. The molecule has 0 aliphatic rings. The highest BCUT2D eigenvalue weighted by Crippen LogP contribution is 1.69. The number of rotatable bonds is 4. The lowest BCUT2D eigenvalue weighted by Crippen LogP contribution is -2.19. The van der Waals surface area contributed by atoms with Crippen LogP contribution in [0.25, 0.3) is 0 Å². The molecule has 1 N–H and O–H groups in total. The molecule has 0 aromatic heterocycles. The number of hydrogen-bond donors (Lipinski definition) is 1. The maximum absolute atomic E-state index is 10.4. The Hall–Kier alpha value is 0.110. The lowest BCUT2D eigenvalue weighted by molar-refractivity contribution is 0.680. The van der Waals surface area contributed by atoms with E-state index >= 15 is 0 Å². The van der Waals surface area contributed by atoms with Crippen LogP contribution < -0.4 is 5.32 Å². The van der Waals surface area contributed by atoms with E-state index < -0.39 is 10.8 Å². The molecule has 0 aromatic carbocycles. The standard InChI is InChI=1S/C5H13NOS/c1-3-6-4-5-8(2)7/h6H,3-5H2,1-2H3/t8-/m1/s1. The molecule has 50 valence electrons. The molecule has 2 nitrogen and oxygen atoms in total. The largest absolute Gasteiger partial charge is 0.316 e. The van der Waals surface area contributed by atoms with Crippen LogP contribution in [0.15, 0.2) is 0 Å². The van der Waals surface area contributed by atoms with Crippen LogP contribution in [0.5, 0.6) is 0 Å². The summed E-state index contributed by atoms with van der Waals surface area (Å²) in [5, 5.41) is 3.09. The molecule has 0 saturated heterocycles. The lowest BCUT2D eigenvalue weighted by atomic mass is 10.7. The van der Waals surface area contributed by atoms with Gasteiger partial charge < -0.3 is 5.32 Å². The van der Waals surface area contributed by atoms with Crippen molar-refractivity contribution in [2.75, 3.05) is 25.1 Å². The molecule has 0 aromatic rings. The van der Waals surface area contributed by atoms with Crippen molar-refractivity contribution in [3.05, 3.63) is 0 Å². The molecule has 0 spiro atoms. The summed E-state index contributed by atoms with van der Waals surface area (Å²) in [6.45, 7) is 3.88. The summed E-state index contributed by atoms with van der Waals surface area (Å²) < 4.78 is 10.4. The second kappa shape index (κ2) is 5.25. The van der Waals surface area contributed by atoms with E-state index in [9.17, 15) is 4.21 Å². The summed E-state index contributed by atoms with van der Waals surface area (Å²) in [5.74, 6) is 0.772. The third-order valence-electron chi connectivity index (χ3n) is 0.816. The SMILES string of the molecule is CCNCC[S@@](C)=O. The second-order valence-electron chi connectivity index (χ2n) is 1.63. The van der Waals surface area contributed by atoms with Crippen LogP contribution >= 0.6 is 0 Å². The van der Waals surface area contributed by atoms with Gasteiger partial charge in [-0.15, -0.1) is 0 Å². The van der Waals surface area contributed by atoms with Crippen molar-refractivity contribution in [2.24, 2.45) is 0 Å². The van der Waals surface area contributed by atoms with Gasteiger partial charge >= 0.3 is 0 Å². The maximum atomic E-state index is 10.4. The summed E-state index contributed by atoms with van der Waals surface area (Å²) in [6.07, 6.45) is 1.72. The minimum atomic E-state index is -0.630. The molecule has 0 aliphatic heterocycles. The highest BCUT2D eigenvalue weighted by molar-refractivity contribution is 7.84. The molecule has 0 amide bonds. The van der Waals surface area contributed by atoms with Crippen LogP contribution in [-0.4, -0.2) is 29.3 Å². The molecule has 0 saturated carbocycles. The fourth-order valence-electron chi connectivity index (χ4n) is 0.393. The second-order valence-corrected chi connectivity index (χ2v) is 3.19. The highest BCUT2D eigenvalue weighted by atomic mass is 32.2. The quantitative estimate of drug-likeness (QED) is 0.549. The van der Waals surface area contributed by atoms with Gasteiger partial charge in [0.2, 0.25) is 0 Å². The minimum Gasteiger partial charge on any atom is -0.316 e. The molecule has 1 atom stereocenters. The first-order valence-corrected chi connectivity index (χ1v) is 4.50. The van der Waals surface area contributed by atoms with Crippen molar-refractivity contribution in [2.45, 2.75) is 6.92 Å². The van der Waals surface area contributed by atoms with Gasteiger partial charge in [-0.25, -0.2) is 0 Å². The summed E-state index contributed by atoms with van der Waals surface area (Å²) in [5.41, 5.74) is 0. The van der Waals surface area contributed by atoms with Gasteiger partial charge in [-0.2, -0.15) is 0 Å². The van der Waals surface area contributed by atoms with Crippen LogP contribution in [0.4, 0.5) is 0 Å². The first-order chi connectivity index (χ1) is 3.77. The van der Waals surface area contributed by atoms with E-state index in [0.717, 1.165) is 18.8 Å². The van der Waals surface area contributed by atoms with Gasteiger partial charge in [0, 0.05) is 29.4 Å². The van der Waals surface area contributed by atoms with Gasteiger partial charge in [0.15, 0.2) is 0 Å². The third-order valence-corrected chi connectivity index (χ3v) is 1.60. The average Bonchev–Trinajstić information content (AvgIpc) is 1.66. The molecule has 0 heterocycles. The van der Waals surface area contributed by atoms with E-state index in [1.54, 1.807) is 6.26 Å². The Labute approximate surface area is 53.1 Å². The lowest BCUT2D eigenvalue weighted by Gasteiger charge is -1.95. The van der Waals surface area contributed by atoms with Gasteiger partial charge in [0.25, 0.3) is 0 Å². The van der Waals surface area contributed by atoms with Crippen molar-refractivity contribution in [1.29, 1.82) is 0 Å². The summed E-state index contributed by atoms with van der Waals surface area (Å²) >= 11 is 0. The van der Waals surface area contributed by atoms with Crippen LogP contribution in [0.1, 0.15) is 6.92 Å². The number of nitrogens with one attached hydrogen (secondary N) is 1. The van der Waals surface area contributed by atoms with E-state index in [1.807, 2.05) is 6.92 Å². The fourth-order valence-corrected chi connectivity index (χ4v) is 0.824. The Bertz CT molecular complexity index is 74.8. The first-order valence-electron chi connectivity index (χ1n) is 2.78. The van der Waals surface area contributed by atoms with E-state index in [-0.39, 0.29) is 0 Å². The van der Waals surface area contributed by atoms with Crippen LogP contribution in [-0.2, 0) is 10.8 Å². The summed E-state index contributed by atoms with van der Waals surface area (Å²) in [7, 11) is -0.630. The Morgan fingerprint density at radius 3 is 2.62 bits per heavy atom. The van der Waals surface area contributed by atoms with Crippen molar-refractivity contribution in [3.8, 4) is 0 Å². The molecule has 0 fully saturated rings. The van der Waals surface area contributed by atoms with Crippen molar-refractivity contribution in [3.63, 3.8) is 0 Å². The highest BCUT2D eigenvalue weighted by Gasteiger charge is 1.86. The topological polar surface area (TPSA) is 29.1 Å². The predicted octanol–water partition coefficient (Wildman–Crippen LogP) is -0.0256. The van der Waals surface area contributed by atoms with Crippen molar-refractivity contribution >= 4 is 10.8 Å². The zero-order chi connectivity index (χ0) is 6.41. The smallest absolute Gasteiger partial charge is 0.0357 e. The van der Waals surface area contributed by atoms with E-state index in [0.29, 0.717) is 0 Å². The Morgan fingerprint density at radius 1 is 1.62 bits per heavy atom. The van der Waals surface area contributed by atoms with Gasteiger partial charge in [-0.05, 0) is 6.54 Å². The predicted molar refractivity (Wildman–Crippen MR) is 37.5 cm³/mol. The van der Waals surface area contributed by atoms with Crippen molar-refractivity contribution in [1.82, 2.24) is 5.32 Å². The van der Waals surface area contributed by atoms with Gasteiger partial charge in [0.1, 0.15) is 0 Å². The molecular formula is C5H13NOS. The van der Waals surface area contributed by atoms with E-state index in [1.165, 1.54) is 0 Å². The molecule has 0 radical (unpaired) electrons. The Kier molecular flexibility index (Phi) is 5.32. The zero-order valence-electron chi connectivity index (χ0n) is 5.44. The molecular weight excluding hydrogens is 122 g/mol. The maximum Gasteiger partial charge on any atom is 0.0357 e. The van der Waals surface area contributed by atoms with Crippen LogP contribution in [0, 0.1) is 0 Å². The van der Waals surface area contributed by atoms with Gasteiger partial charge in [-0.1, -0.05) is 6.92 Å². The molecule has 0 rings (SSSR count). The zero-order valence-corrected chi connectivity index (χ0v) is 6.25. The van der Waals surface area contributed by atoms with Crippen LogP contribution in [0.2, 0.25) is 0 Å². The fraction of sp³-hybridized carbons (Fsp3) is 1.00. The first kappa shape index (κ1) is 8.11. The van der Waals surface area contributed by atoms with E-state index in [2.05, 4.69) is 5.32 Å². The van der Waals surface area contributed by atoms with Gasteiger partial charge in [0.05, 0.1) is 0 Å². The molecule has 0 bridgehead atoms. The minimum absolute atomic E-state index is 0.630. The molecule has 0 aliphatic carbocycles. The van der Waals surface area contributed by atoms with Gasteiger partial charge in [-0.3, -0.25) is 4.21 Å². The third kappa shape index (κ3) is 6.11. The summed E-state index contributed by atoms with van der Waals surface area (Å²) in [6, 6.07) is 0. The average molecular weight is 135 g/mol. The molecule has 8 heavy (non-hydrogen) atoms. The molecule has 3 heteroatoms. The Morgan fingerprint density at radius 2 is 2.25 bits per heavy atom. The normalized spacial score (nSPS) is 13.8.